The second kappa shape index (κ2) is 7.92. The monoisotopic (exact) mass is 310 g/mol. The highest BCUT2D eigenvalue weighted by atomic mass is 32.2. The van der Waals surface area contributed by atoms with Crippen molar-refractivity contribution in [1.29, 1.82) is 0 Å². The molecule has 0 aromatic heterocycles. The number of rotatable bonds is 5. The molecule has 2 N–H and O–H groups in total. The van der Waals surface area contributed by atoms with Crippen molar-refractivity contribution in [1.82, 2.24) is 10.0 Å². The van der Waals surface area contributed by atoms with Crippen molar-refractivity contribution in [3.8, 4) is 0 Å². The molecule has 1 fully saturated rings. The molecule has 1 aromatic carbocycles. The topological polar surface area (TPSA) is 58.2 Å². The molecule has 4 nitrogen and oxygen atoms in total. The molecule has 118 valence electrons. The fraction of sp³-hybridized carbons (Fsp3) is 0.625. The Bertz CT molecular complexity index is 535. The Hall–Kier alpha value is -0.910. The SMILES string of the molecule is CNCc1ccccc1S(=O)(=O)NC1CCCCCCC1. The third kappa shape index (κ3) is 4.80. The van der Waals surface area contributed by atoms with E-state index in [0.29, 0.717) is 11.4 Å². The van der Waals surface area contributed by atoms with Gasteiger partial charge in [0.1, 0.15) is 0 Å². The van der Waals surface area contributed by atoms with Crippen molar-refractivity contribution in [3.05, 3.63) is 29.8 Å². The fourth-order valence-corrected chi connectivity index (χ4v) is 4.50. The summed E-state index contributed by atoms with van der Waals surface area (Å²) in [4.78, 5) is 0.404. The molecule has 1 saturated carbocycles. The first-order chi connectivity index (χ1) is 10.1. The first-order valence-corrected chi connectivity index (χ1v) is 9.36. The lowest BCUT2D eigenvalue weighted by atomic mass is 9.97. The van der Waals surface area contributed by atoms with Crippen molar-refractivity contribution in [2.45, 2.75) is 62.4 Å². The maximum absolute atomic E-state index is 12.7. The average molecular weight is 310 g/mol. The summed E-state index contributed by atoms with van der Waals surface area (Å²) in [5, 5.41) is 3.03. The van der Waals surface area contributed by atoms with Crippen molar-refractivity contribution >= 4 is 10.0 Å². The largest absolute Gasteiger partial charge is 0.316 e. The van der Waals surface area contributed by atoms with Gasteiger partial charge in [-0.3, -0.25) is 0 Å². The predicted molar refractivity (Wildman–Crippen MR) is 85.6 cm³/mol. The number of benzene rings is 1. The second-order valence-electron chi connectivity index (χ2n) is 5.80. The first-order valence-electron chi connectivity index (χ1n) is 7.88. The van der Waals surface area contributed by atoms with Crippen molar-refractivity contribution in [2.75, 3.05) is 7.05 Å². The van der Waals surface area contributed by atoms with Gasteiger partial charge in [-0.1, -0.05) is 50.3 Å². The van der Waals surface area contributed by atoms with Crippen molar-refractivity contribution in [2.24, 2.45) is 0 Å². The molecule has 21 heavy (non-hydrogen) atoms. The van der Waals surface area contributed by atoms with Crippen LogP contribution in [0.5, 0.6) is 0 Å². The van der Waals surface area contributed by atoms with Gasteiger partial charge in [0, 0.05) is 12.6 Å². The average Bonchev–Trinajstić information content (AvgIpc) is 2.42. The van der Waals surface area contributed by atoms with Crippen LogP contribution >= 0.6 is 0 Å². The van der Waals surface area contributed by atoms with Crippen LogP contribution in [0.3, 0.4) is 0 Å². The van der Waals surface area contributed by atoms with Crippen molar-refractivity contribution in [3.63, 3.8) is 0 Å². The van der Waals surface area contributed by atoms with E-state index in [1.54, 1.807) is 12.1 Å². The van der Waals surface area contributed by atoms with Crippen molar-refractivity contribution < 1.29 is 8.42 Å². The minimum atomic E-state index is -3.43. The maximum atomic E-state index is 12.7. The summed E-state index contributed by atoms with van der Waals surface area (Å²) in [6.07, 6.45) is 7.85. The van der Waals surface area contributed by atoms with Crippen LogP contribution in [0, 0.1) is 0 Å². The van der Waals surface area contributed by atoms with Gasteiger partial charge in [0.25, 0.3) is 0 Å². The highest BCUT2D eigenvalue weighted by Crippen LogP contribution is 2.21. The van der Waals surface area contributed by atoms with E-state index in [4.69, 9.17) is 0 Å². The molecule has 0 aliphatic heterocycles. The van der Waals surface area contributed by atoms with E-state index >= 15 is 0 Å². The van der Waals surface area contributed by atoms with Crippen LogP contribution in [0.2, 0.25) is 0 Å². The van der Waals surface area contributed by atoms with E-state index in [-0.39, 0.29) is 6.04 Å². The second-order valence-corrected chi connectivity index (χ2v) is 7.48. The minimum Gasteiger partial charge on any atom is -0.316 e. The molecule has 5 heteroatoms. The summed E-state index contributed by atoms with van der Waals surface area (Å²) < 4.78 is 28.2. The summed E-state index contributed by atoms with van der Waals surface area (Å²) in [7, 11) is -1.61. The molecule has 1 aliphatic rings. The lowest BCUT2D eigenvalue weighted by Gasteiger charge is -2.21. The highest BCUT2D eigenvalue weighted by Gasteiger charge is 2.22. The molecule has 0 amide bonds. The lowest BCUT2D eigenvalue weighted by Crippen LogP contribution is -2.35. The first kappa shape index (κ1) is 16.5. The fourth-order valence-electron chi connectivity index (χ4n) is 2.96. The van der Waals surface area contributed by atoms with Crippen LogP contribution in [0.4, 0.5) is 0 Å². The van der Waals surface area contributed by atoms with E-state index in [9.17, 15) is 8.42 Å². The van der Waals surface area contributed by atoms with Crippen LogP contribution in [0.1, 0.15) is 50.5 Å². The standard InChI is InChI=1S/C16H26N2O2S/c1-17-13-14-9-7-8-12-16(14)21(19,20)18-15-10-5-3-2-4-6-11-15/h7-9,12,15,17-18H,2-6,10-11,13H2,1H3. The van der Waals surface area contributed by atoms with E-state index in [2.05, 4.69) is 10.0 Å². The van der Waals surface area contributed by atoms with Crippen LogP contribution in [0.25, 0.3) is 0 Å². The Kier molecular flexibility index (Phi) is 6.21. The highest BCUT2D eigenvalue weighted by molar-refractivity contribution is 7.89. The van der Waals surface area contributed by atoms with Gasteiger partial charge >= 0.3 is 0 Å². The Morgan fingerprint density at radius 2 is 1.67 bits per heavy atom. The van der Waals surface area contributed by atoms with Gasteiger partial charge in [-0.05, 0) is 31.5 Å². The molecule has 0 heterocycles. The number of hydrogen-bond acceptors (Lipinski definition) is 3. The molecule has 0 unspecified atom stereocenters. The Labute approximate surface area is 128 Å². The normalized spacial score (nSPS) is 18.1. The quantitative estimate of drug-likeness (QED) is 0.879. The zero-order valence-corrected chi connectivity index (χ0v) is 13.6. The molecule has 0 radical (unpaired) electrons. The molecule has 0 saturated heterocycles. The molecule has 1 aliphatic carbocycles. The number of nitrogens with one attached hydrogen (secondary N) is 2. The molecule has 1 aromatic rings. The summed E-state index contributed by atoms with van der Waals surface area (Å²) >= 11 is 0. The van der Waals surface area contributed by atoms with Crippen LogP contribution < -0.4 is 10.0 Å². The third-order valence-electron chi connectivity index (χ3n) is 4.06. The van der Waals surface area contributed by atoms with Crippen LogP contribution in [-0.4, -0.2) is 21.5 Å². The zero-order chi connectivity index (χ0) is 15.1. The van der Waals surface area contributed by atoms with E-state index in [1.165, 1.54) is 19.3 Å². The van der Waals surface area contributed by atoms with E-state index < -0.39 is 10.0 Å². The summed E-state index contributed by atoms with van der Waals surface area (Å²) in [5.74, 6) is 0. The Morgan fingerprint density at radius 3 is 2.33 bits per heavy atom. The summed E-state index contributed by atoms with van der Waals surface area (Å²) in [6, 6.07) is 7.30. The third-order valence-corrected chi connectivity index (χ3v) is 5.68. The van der Waals surface area contributed by atoms with Gasteiger partial charge in [-0.2, -0.15) is 0 Å². The van der Waals surface area contributed by atoms with Gasteiger partial charge in [-0.15, -0.1) is 0 Å². The Balaban J connectivity index is 2.13. The van der Waals surface area contributed by atoms with Gasteiger partial charge in [0.05, 0.1) is 4.90 Å². The Morgan fingerprint density at radius 1 is 1.05 bits per heavy atom. The van der Waals surface area contributed by atoms with E-state index in [1.807, 2.05) is 19.2 Å². The molecule has 0 spiro atoms. The van der Waals surface area contributed by atoms with Gasteiger partial charge in [-0.25, -0.2) is 13.1 Å². The molecular formula is C16H26N2O2S. The number of sulfonamides is 1. The molecular weight excluding hydrogens is 284 g/mol. The zero-order valence-electron chi connectivity index (χ0n) is 12.8. The molecule has 2 rings (SSSR count). The summed E-state index contributed by atoms with van der Waals surface area (Å²) in [6.45, 7) is 0.557. The van der Waals surface area contributed by atoms with Crippen LogP contribution in [0.15, 0.2) is 29.2 Å². The van der Waals surface area contributed by atoms with Gasteiger partial charge < -0.3 is 5.32 Å². The summed E-state index contributed by atoms with van der Waals surface area (Å²) in [5.41, 5.74) is 0.818. The van der Waals surface area contributed by atoms with Crippen LogP contribution in [-0.2, 0) is 16.6 Å². The van der Waals surface area contributed by atoms with Gasteiger partial charge in [0.15, 0.2) is 0 Å². The van der Waals surface area contributed by atoms with Gasteiger partial charge in [0.2, 0.25) is 10.0 Å². The smallest absolute Gasteiger partial charge is 0.241 e. The van der Waals surface area contributed by atoms with E-state index in [0.717, 1.165) is 31.2 Å². The minimum absolute atomic E-state index is 0.0814. The number of hydrogen-bond donors (Lipinski definition) is 2. The molecule has 0 bridgehead atoms. The predicted octanol–water partition coefficient (Wildman–Crippen LogP) is 2.80. The molecule has 0 atom stereocenters. The lowest BCUT2D eigenvalue weighted by molar-refractivity contribution is 0.426. The maximum Gasteiger partial charge on any atom is 0.241 e.